The van der Waals surface area contributed by atoms with Gasteiger partial charge >= 0.3 is 0 Å². The van der Waals surface area contributed by atoms with Crippen LogP contribution in [0, 0.1) is 0 Å². The Morgan fingerprint density at radius 1 is 1.11 bits per heavy atom. The summed E-state index contributed by atoms with van der Waals surface area (Å²) < 4.78 is 11.9. The predicted molar refractivity (Wildman–Crippen MR) is 102 cm³/mol. The number of benzene rings is 2. The highest BCUT2D eigenvalue weighted by Crippen LogP contribution is 2.27. The molecule has 3 rings (SSSR count). The molecular weight excluding hydrogens is 346 g/mol. The number of hydrogen-bond donors (Lipinski definition) is 1. The van der Waals surface area contributed by atoms with Crippen LogP contribution < -0.4 is 20.3 Å². The summed E-state index contributed by atoms with van der Waals surface area (Å²) in [6, 6.07) is 12.6. The molecule has 0 unspecified atom stereocenters. The Balaban J connectivity index is 1.59. The molecule has 7 heteroatoms. The van der Waals surface area contributed by atoms with E-state index in [1.807, 2.05) is 18.2 Å². The van der Waals surface area contributed by atoms with E-state index in [9.17, 15) is 9.59 Å². The maximum absolute atomic E-state index is 12.4. The van der Waals surface area contributed by atoms with Crippen molar-refractivity contribution in [1.29, 1.82) is 0 Å². The minimum absolute atomic E-state index is 0.145. The Morgan fingerprint density at radius 2 is 1.89 bits per heavy atom. The van der Waals surface area contributed by atoms with E-state index in [0.29, 0.717) is 28.9 Å². The summed E-state index contributed by atoms with van der Waals surface area (Å²) in [5, 5.41) is 3.39. The SMILES string of the molecule is COc1ccc(CNC(=O)CCn2cnc3ccccc3c2=O)cc1OC. The first kappa shape index (κ1) is 18.4. The summed E-state index contributed by atoms with van der Waals surface area (Å²) in [7, 11) is 3.14. The summed E-state index contributed by atoms with van der Waals surface area (Å²) in [5.41, 5.74) is 1.40. The zero-order valence-corrected chi connectivity index (χ0v) is 15.3. The third-order valence-corrected chi connectivity index (χ3v) is 4.25. The zero-order chi connectivity index (χ0) is 19.2. The molecule has 0 saturated heterocycles. The number of fused-ring (bicyclic) bond motifs is 1. The molecule has 1 N–H and O–H groups in total. The molecule has 0 spiro atoms. The number of nitrogens with zero attached hydrogens (tertiary/aromatic N) is 2. The van der Waals surface area contributed by atoms with Gasteiger partial charge in [-0.3, -0.25) is 14.2 Å². The van der Waals surface area contributed by atoms with Gasteiger partial charge in [-0.25, -0.2) is 4.98 Å². The van der Waals surface area contributed by atoms with Crippen molar-refractivity contribution in [2.24, 2.45) is 0 Å². The molecule has 0 bridgehead atoms. The molecule has 0 aliphatic carbocycles. The van der Waals surface area contributed by atoms with E-state index >= 15 is 0 Å². The minimum Gasteiger partial charge on any atom is -0.493 e. The molecule has 0 radical (unpaired) electrons. The highest BCUT2D eigenvalue weighted by Gasteiger charge is 2.08. The molecule has 0 fully saturated rings. The van der Waals surface area contributed by atoms with Gasteiger partial charge in [0.05, 0.1) is 31.4 Å². The van der Waals surface area contributed by atoms with Crippen LogP contribution in [0.25, 0.3) is 10.9 Å². The lowest BCUT2D eigenvalue weighted by molar-refractivity contribution is -0.121. The van der Waals surface area contributed by atoms with Crippen molar-refractivity contribution in [3.05, 3.63) is 64.7 Å². The standard InChI is InChI=1S/C20H21N3O4/c1-26-17-8-7-14(11-18(17)27-2)12-21-19(24)9-10-23-13-22-16-6-4-3-5-15(16)20(23)25/h3-8,11,13H,9-10,12H2,1-2H3,(H,21,24). The molecule has 0 saturated carbocycles. The largest absolute Gasteiger partial charge is 0.493 e. The van der Waals surface area contributed by atoms with E-state index in [1.165, 1.54) is 10.9 Å². The van der Waals surface area contributed by atoms with Crippen LogP contribution in [0.4, 0.5) is 0 Å². The fourth-order valence-electron chi connectivity index (χ4n) is 2.77. The maximum atomic E-state index is 12.4. The molecule has 140 valence electrons. The maximum Gasteiger partial charge on any atom is 0.261 e. The second-order valence-corrected chi connectivity index (χ2v) is 5.98. The number of nitrogens with one attached hydrogen (secondary N) is 1. The van der Waals surface area contributed by atoms with Crippen LogP contribution in [-0.4, -0.2) is 29.7 Å². The molecule has 0 aliphatic rings. The molecule has 0 atom stereocenters. The van der Waals surface area contributed by atoms with Crippen LogP contribution in [-0.2, 0) is 17.9 Å². The van der Waals surface area contributed by atoms with Gasteiger partial charge in [0.15, 0.2) is 11.5 Å². The molecular formula is C20H21N3O4. The monoisotopic (exact) mass is 367 g/mol. The molecule has 1 amide bonds. The average molecular weight is 367 g/mol. The zero-order valence-electron chi connectivity index (χ0n) is 15.3. The topological polar surface area (TPSA) is 82.5 Å². The molecule has 3 aromatic rings. The number of amides is 1. The first-order valence-corrected chi connectivity index (χ1v) is 8.54. The van der Waals surface area contributed by atoms with Gasteiger partial charge in [0.25, 0.3) is 5.56 Å². The fraction of sp³-hybridized carbons (Fsp3) is 0.250. The number of ether oxygens (including phenoxy) is 2. The lowest BCUT2D eigenvalue weighted by Gasteiger charge is -2.11. The smallest absolute Gasteiger partial charge is 0.261 e. The van der Waals surface area contributed by atoms with Crippen molar-refractivity contribution < 1.29 is 14.3 Å². The molecule has 7 nitrogen and oxygen atoms in total. The summed E-state index contributed by atoms with van der Waals surface area (Å²) >= 11 is 0. The highest BCUT2D eigenvalue weighted by molar-refractivity contribution is 5.77. The Hall–Kier alpha value is -3.35. The molecule has 2 aromatic carbocycles. The fourth-order valence-corrected chi connectivity index (χ4v) is 2.77. The van der Waals surface area contributed by atoms with Gasteiger partial charge in [-0.1, -0.05) is 18.2 Å². The summed E-state index contributed by atoms with van der Waals surface area (Å²) in [5.74, 6) is 1.10. The van der Waals surface area contributed by atoms with Crippen molar-refractivity contribution in [3.8, 4) is 11.5 Å². The van der Waals surface area contributed by atoms with E-state index in [1.54, 1.807) is 38.5 Å². The quantitative estimate of drug-likeness (QED) is 0.692. The van der Waals surface area contributed by atoms with Gasteiger partial charge in [0.2, 0.25) is 5.91 Å². The molecule has 1 heterocycles. The Bertz CT molecular complexity index is 1010. The second-order valence-electron chi connectivity index (χ2n) is 5.98. The summed E-state index contributed by atoms with van der Waals surface area (Å²) in [6.45, 7) is 0.637. The van der Waals surface area contributed by atoms with Crippen LogP contribution in [0.15, 0.2) is 53.6 Å². The number of carbonyl (C=O) groups is 1. The van der Waals surface area contributed by atoms with Crippen LogP contribution >= 0.6 is 0 Å². The molecule has 27 heavy (non-hydrogen) atoms. The number of para-hydroxylation sites is 1. The van der Waals surface area contributed by atoms with E-state index in [4.69, 9.17) is 9.47 Å². The number of hydrogen-bond acceptors (Lipinski definition) is 5. The summed E-state index contributed by atoms with van der Waals surface area (Å²) in [4.78, 5) is 28.8. The first-order chi connectivity index (χ1) is 13.1. The number of rotatable bonds is 7. The number of carbonyl (C=O) groups excluding carboxylic acids is 1. The number of aromatic nitrogens is 2. The van der Waals surface area contributed by atoms with Gasteiger partial charge in [0.1, 0.15) is 0 Å². The lowest BCUT2D eigenvalue weighted by atomic mass is 10.2. The van der Waals surface area contributed by atoms with E-state index < -0.39 is 0 Å². The van der Waals surface area contributed by atoms with Gasteiger partial charge in [0, 0.05) is 19.5 Å². The minimum atomic E-state index is -0.148. The third kappa shape index (κ3) is 4.25. The third-order valence-electron chi connectivity index (χ3n) is 4.25. The van der Waals surface area contributed by atoms with E-state index in [0.717, 1.165) is 5.56 Å². The van der Waals surface area contributed by atoms with E-state index in [-0.39, 0.29) is 24.4 Å². The molecule has 0 aliphatic heterocycles. The van der Waals surface area contributed by atoms with Crippen molar-refractivity contribution in [2.45, 2.75) is 19.5 Å². The van der Waals surface area contributed by atoms with Crippen molar-refractivity contribution in [2.75, 3.05) is 14.2 Å². The van der Waals surface area contributed by atoms with Crippen LogP contribution in [0.3, 0.4) is 0 Å². The van der Waals surface area contributed by atoms with Crippen molar-refractivity contribution in [3.63, 3.8) is 0 Å². The van der Waals surface area contributed by atoms with Crippen LogP contribution in [0.5, 0.6) is 11.5 Å². The van der Waals surface area contributed by atoms with Gasteiger partial charge in [-0.2, -0.15) is 0 Å². The Kier molecular flexibility index (Phi) is 5.71. The van der Waals surface area contributed by atoms with Crippen molar-refractivity contribution in [1.82, 2.24) is 14.9 Å². The van der Waals surface area contributed by atoms with Crippen molar-refractivity contribution >= 4 is 16.8 Å². The first-order valence-electron chi connectivity index (χ1n) is 8.54. The Labute approximate surface area is 156 Å². The van der Waals surface area contributed by atoms with Crippen LogP contribution in [0.2, 0.25) is 0 Å². The van der Waals surface area contributed by atoms with Gasteiger partial charge < -0.3 is 14.8 Å². The average Bonchev–Trinajstić information content (AvgIpc) is 2.71. The Morgan fingerprint density at radius 3 is 2.67 bits per heavy atom. The van der Waals surface area contributed by atoms with E-state index in [2.05, 4.69) is 10.3 Å². The predicted octanol–water partition coefficient (Wildman–Crippen LogP) is 2.12. The molecule has 1 aromatic heterocycles. The summed E-state index contributed by atoms with van der Waals surface area (Å²) in [6.07, 6.45) is 1.67. The highest BCUT2D eigenvalue weighted by atomic mass is 16.5. The normalized spacial score (nSPS) is 10.6. The van der Waals surface area contributed by atoms with Gasteiger partial charge in [-0.15, -0.1) is 0 Å². The van der Waals surface area contributed by atoms with Crippen LogP contribution in [0.1, 0.15) is 12.0 Å². The second kappa shape index (κ2) is 8.35. The van der Waals surface area contributed by atoms with Gasteiger partial charge in [-0.05, 0) is 29.8 Å². The lowest BCUT2D eigenvalue weighted by Crippen LogP contribution is -2.27. The number of aryl methyl sites for hydroxylation is 1. The number of methoxy groups -OCH3 is 2.